The molecule has 0 spiro atoms. The third-order valence-corrected chi connectivity index (χ3v) is 6.40. The average molecular weight is 537 g/mol. The lowest BCUT2D eigenvalue weighted by atomic mass is 9.85. The van der Waals surface area contributed by atoms with Crippen molar-refractivity contribution in [1.82, 2.24) is 25.3 Å². The van der Waals surface area contributed by atoms with Gasteiger partial charge in [0.05, 0.1) is 12.0 Å². The fourth-order valence-corrected chi connectivity index (χ4v) is 4.60. The molecule has 2 aliphatic rings. The highest BCUT2D eigenvalue weighted by Crippen LogP contribution is 2.39. The lowest BCUT2D eigenvalue weighted by Crippen LogP contribution is -2.48. The van der Waals surface area contributed by atoms with Gasteiger partial charge in [0.15, 0.2) is 5.96 Å². The van der Waals surface area contributed by atoms with Crippen LogP contribution in [0.2, 0.25) is 0 Å². The average Bonchev–Trinajstić information content (AvgIpc) is 3.20. The van der Waals surface area contributed by atoms with Crippen LogP contribution < -0.4 is 10.6 Å². The van der Waals surface area contributed by atoms with Crippen LogP contribution in [0, 0.1) is 11.3 Å². The summed E-state index contributed by atoms with van der Waals surface area (Å²) in [6.07, 6.45) is 4.16. The molecule has 30 heavy (non-hydrogen) atoms. The number of carbonyl (C=O) groups is 1. The van der Waals surface area contributed by atoms with Gasteiger partial charge in [-0.25, -0.2) is 0 Å². The molecule has 8 heteroatoms. The van der Waals surface area contributed by atoms with Crippen LogP contribution in [-0.4, -0.2) is 99.6 Å². The quantitative estimate of drug-likeness (QED) is 0.269. The Labute approximate surface area is 201 Å². The van der Waals surface area contributed by atoms with E-state index >= 15 is 0 Å². The molecule has 2 N–H and O–H groups in total. The molecule has 0 radical (unpaired) electrons. The molecule has 0 aromatic heterocycles. The van der Waals surface area contributed by atoms with E-state index in [2.05, 4.69) is 41.2 Å². The summed E-state index contributed by atoms with van der Waals surface area (Å²) in [4.78, 5) is 24.4. The Hall–Kier alpha value is -0.610. The molecule has 0 aromatic rings. The first-order valence-electron chi connectivity index (χ1n) is 11.6. The lowest BCUT2D eigenvalue weighted by Gasteiger charge is -2.35. The number of carbonyl (C=O) groups excluding carboxylic acids is 1. The second kappa shape index (κ2) is 13.7. The summed E-state index contributed by atoms with van der Waals surface area (Å²) in [5.74, 6) is 1.62. The SMILES string of the molecule is CCNC(=NCC1(C(=O)N(C)C)CCCC1)NCC(C)CN1CCN(CC)CC1.I. The van der Waals surface area contributed by atoms with Crippen LogP contribution in [0.4, 0.5) is 0 Å². The molecule has 1 aliphatic carbocycles. The van der Waals surface area contributed by atoms with Crippen molar-refractivity contribution in [2.24, 2.45) is 16.3 Å². The first kappa shape index (κ1) is 27.4. The van der Waals surface area contributed by atoms with E-state index in [0.29, 0.717) is 12.5 Å². The molecule has 1 atom stereocenters. The Bertz CT molecular complexity index is 528. The van der Waals surface area contributed by atoms with Gasteiger partial charge in [0.25, 0.3) is 0 Å². The van der Waals surface area contributed by atoms with Crippen LogP contribution in [-0.2, 0) is 4.79 Å². The molecule has 1 amide bonds. The van der Waals surface area contributed by atoms with E-state index in [0.717, 1.165) is 57.8 Å². The molecule has 1 saturated heterocycles. The van der Waals surface area contributed by atoms with Gasteiger partial charge in [-0.1, -0.05) is 26.7 Å². The molecule has 1 heterocycles. The molecule has 0 bridgehead atoms. The third-order valence-electron chi connectivity index (χ3n) is 6.40. The summed E-state index contributed by atoms with van der Waals surface area (Å²) >= 11 is 0. The number of likely N-dealkylation sites (N-methyl/N-ethyl adjacent to an activating group) is 1. The first-order valence-corrected chi connectivity index (χ1v) is 11.6. The molecule has 176 valence electrons. The van der Waals surface area contributed by atoms with Crippen molar-refractivity contribution in [3.8, 4) is 0 Å². The van der Waals surface area contributed by atoms with Crippen LogP contribution in [0.1, 0.15) is 46.5 Å². The molecule has 2 fully saturated rings. The van der Waals surface area contributed by atoms with Gasteiger partial charge >= 0.3 is 0 Å². The summed E-state index contributed by atoms with van der Waals surface area (Å²) in [5, 5.41) is 6.87. The fraction of sp³-hybridized carbons (Fsp3) is 0.909. The van der Waals surface area contributed by atoms with Crippen LogP contribution in [0.25, 0.3) is 0 Å². The van der Waals surface area contributed by atoms with E-state index in [1.54, 1.807) is 4.90 Å². The minimum Gasteiger partial charge on any atom is -0.357 e. The van der Waals surface area contributed by atoms with Gasteiger partial charge in [-0.15, -0.1) is 24.0 Å². The number of rotatable bonds is 9. The monoisotopic (exact) mass is 536 g/mol. The van der Waals surface area contributed by atoms with Gasteiger partial charge in [-0.3, -0.25) is 9.79 Å². The number of halogens is 1. The van der Waals surface area contributed by atoms with Crippen LogP contribution >= 0.6 is 24.0 Å². The van der Waals surface area contributed by atoms with Crippen molar-refractivity contribution in [3.63, 3.8) is 0 Å². The Balaban J connectivity index is 0.00000450. The normalized spacial score (nSPS) is 21.0. The van der Waals surface area contributed by atoms with Gasteiger partial charge in [0.1, 0.15) is 0 Å². The van der Waals surface area contributed by atoms with E-state index < -0.39 is 0 Å². The zero-order valence-electron chi connectivity index (χ0n) is 19.9. The molecule has 0 aromatic carbocycles. The number of nitrogens with one attached hydrogen (secondary N) is 2. The first-order chi connectivity index (χ1) is 13.9. The van der Waals surface area contributed by atoms with E-state index in [9.17, 15) is 4.79 Å². The molecule has 1 unspecified atom stereocenters. The van der Waals surface area contributed by atoms with E-state index in [1.165, 1.54) is 26.2 Å². The van der Waals surface area contributed by atoms with Crippen LogP contribution in [0.3, 0.4) is 0 Å². The summed E-state index contributed by atoms with van der Waals surface area (Å²) in [6, 6.07) is 0. The van der Waals surface area contributed by atoms with E-state index in [4.69, 9.17) is 4.99 Å². The highest BCUT2D eigenvalue weighted by molar-refractivity contribution is 14.0. The van der Waals surface area contributed by atoms with E-state index in [-0.39, 0.29) is 35.3 Å². The Morgan fingerprint density at radius 2 is 1.67 bits per heavy atom. The molecular formula is C22H45IN6O. The van der Waals surface area contributed by atoms with Gasteiger partial charge in [-0.2, -0.15) is 0 Å². The minimum atomic E-state index is -0.309. The zero-order chi connectivity index (χ0) is 21.3. The van der Waals surface area contributed by atoms with Crippen molar-refractivity contribution in [1.29, 1.82) is 0 Å². The minimum absolute atomic E-state index is 0. The van der Waals surface area contributed by atoms with Gasteiger partial charge in [0.2, 0.25) is 5.91 Å². The molecule has 1 aliphatic heterocycles. The lowest BCUT2D eigenvalue weighted by molar-refractivity contribution is -0.138. The second-order valence-corrected chi connectivity index (χ2v) is 9.10. The predicted molar refractivity (Wildman–Crippen MR) is 137 cm³/mol. The highest BCUT2D eigenvalue weighted by atomic mass is 127. The Kier molecular flexibility index (Phi) is 12.5. The zero-order valence-corrected chi connectivity index (χ0v) is 22.2. The maximum absolute atomic E-state index is 12.8. The van der Waals surface area contributed by atoms with Gasteiger partial charge in [-0.05, 0) is 32.2 Å². The number of hydrogen-bond donors (Lipinski definition) is 2. The smallest absolute Gasteiger partial charge is 0.230 e. The number of piperazine rings is 1. The highest BCUT2D eigenvalue weighted by Gasteiger charge is 2.42. The maximum Gasteiger partial charge on any atom is 0.230 e. The van der Waals surface area contributed by atoms with Crippen molar-refractivity contribution in [2.45, 2.75) is 46.5 Å². The topological polar surface area (TPSA) is 63.2 Å². The Morgan fingerprint density at radius 3 is 2.20 bits per heavy atom. The molecular weight excluding hydrogens is 491 g/mol. The number of guanidine groups is 1. The summed E-state index contributed by atoms with van der Waals surface area (Å²) in [7, 11) is 3.72. The Morgan fingerprint density at radius 1 is 1.07 bits per heavy atom. The maximum atomic E-state index is 12.8. The predicted octanol–water partition coefficient (Wildman–Crippen LogP) is 2.08. The standard InChI is InChI=1S/C22H44N6O.HI/c1-6-23-21(25-18-22(10-8-9-11-22)20(29)26(4)5)24-16-19(3)17-28-14-12-27(7-2)13-15-28;/h19H,6-18H2,1-5H3,(H2,23,24,25);1H. The largest absolute Gasteiger partial charge is 0.357 e. The van der Waals surface area contributed by atoms with E-state index in [1.807, 2.05) is 14.1 Å². The van der Waals surface area contributed by atoms with Crippen molar-refractivity contribution < 1.29 is 4.79 Å². The molecule has 2 rings (SSSR count). The third kappa shape index (κ3) is 8.15. The summed E-state index contributed by atoms with van der Waals surface area (Å²) in [5.41, 5.74) is -0.309. The van der Waals surface area contributed by atoms with Gasteiger partial charge in [0, 0.05) is 59.9 Å². The van der Waals surface area contributed by atoms with Crippen molar-refractivity contribution in [2.75, 3.05) is 73.0 Å². The van der Waals surface area contributed by atoms with Crippen molar-refractivity contribution in [3.05, 3.63) is 0 Å². The summed E-state index contributed by atoms with van der Waals surface area (Å²) < 4.78 is 0. The van der Waals surface area contributed by atoms with Crippen LogP contribution in [0.15, 0.2) is 4.99 Å². The molecule has 7 nitrogen and oxygen atoms in total. The number of aliphatic imine (C=N–C) groups is 1. The number of nitrogens with zero attached hydrogens (tertiary/aromatic N) is 4. The second-order valence-electron chi connectivity index (χ2n) is 9.10. The van der Waals surface area contributed by atoms with Crippen LogP contribution in [0.5, 0.6) is 0 Å². The summed E-state index contributed by atoms with van der Waals surface area (Å²) in [6.45, 7) is 15.9. The number of amides is 1. The number of hydrogen-bond acceptors (Lipinski definition) is 4. The van der Waals surface area contributed by atoms with Gasteiger partial charge < -0.3 is 25.3 Å². The molecule has 1 saturated carbocycles. The fourth-order valence-electron chi connectivity index (χ4n) is 4.60. The van der Waals surface area contributed by atoms with Crippen molar-refractivity contribution >= 4 is 35.8 Å².